The average molecular weight is 1030 g/mol. The molecule has 8 aromatic rings. The highest BCUT2D eigenvalue weighted by molar-refractivity contribution is 7.99. The lowest BCUT2D eigenvalue weighted by Crippen LogP contribution is -2.53. The van der Waals surface area contributed by atoms with E-state index in [9.17, 15) is 10.5 Å². The summed E-state index contributed by atoms with van der Waals surface area (Å²) in [6.45, 7) is 5.16. The SMILES string of the molecule is N#CC(C1C=CN=C(OCc2ccc(CN3CCOCC3)cc2)N1c1nc2ccccc2s1)N1CSc2ccccc21.N#CCC1C=CN=C(OCc2ccc(-c3ccccn3)cc2)N1c1nc2ccccc2s1. The van der Waals surface area contributed by atoms with Crippen molar-refractivity contribution in [2.75, 3.05) is 46.9 Å². The second kappa shape index (κ2) is 22.9. The Morgan fingerprint density at radius 1 is 0.662 bits per heavy atom. The van der Waals surface area contributed by atoms with Crippen LogP contribution in [0.3, 0.4) is 0 Å². The molecule has 7 heterocycles. The first-order chi connectivity index (χ1) is 36.6. The van der Waals surface area contributed by atoms with Crippen LogP contribution in [0.5, 0.6) is 0 Å². The predicted octanol–water partition coefficient (Wildman–Crippen LogP) is 11.4. The average Bonchev–Trinajstić information content (AvgIpc) is 4.21. The molecule has 3 unspecified atom stereocenters. The van der Waals surface area contributed by atoms with Crippen molar-refractivity contribution in [2.24, 2.45) is 9.98 Å². The van der Waals surface area contributed by atoms with Crippen LogP contribution >= 0.6 is 34.4 Å². The zero-order chi connectivity index (χ0) is 50.1. The third-order valence-electron chi connectivity index (χ3n) is 12.8. The summed E-state index contributed by atoms with van der Waals surface area (Å²) in [6, 6.07) is 51.6. The molecule has 0 N–H and O–H groups in total. The van der Waals surface area contributed by atoms with Gasteiger partial charge in [-0.05, 0) is 77.4 Å². The van der Waals surface area contributed by atoms with Crippen LogP contribution in [0.1, 0.15) is 23.1 Å². The number of para-hydroxylation sites is 3. The molecule has 14 nitrogen and oxygen atoms in total. The van der Waals surface area contributed by atoms with Crippen molar-refractivity contribution in [3.8, 4) is 23.4 Å². The van der Waals surface area contributed by atoms with E-state index in [-0.39, 0.29) is 12.1 Å². The van der Waals surface area contributed by atoms with Crippen molar-refractivity contribution in [1.82, 2.24) is 19.9 Å². The monoisotopic (exact) mass is 1030 g/mol. The molecule has 0 bridgehead atoms. The van der Waals surface area contributed by atoms with Gasteiger partial charge < -0.3 is 19.1 Å². The van der Waals surface area contributed by atoms with E-state index in [1.165, 1.54) is 10.5 Å². The molecule has 0 saturated carbocycles. The summed E-state index contributed by atoms with van der Waals surface area (Å²) < 4.78 is 20.2. The molecule has 0 amide bonds. The van der Waals surface area contributed by atoms with Gasteiger partial charge in [0, 0.05) is 48.7 Å². The highest BCUT2D eigenvalue weighted by Gasteiger charge is 2.40. The van der Waals surface area contributed by atoms with Crippen molar-refractivity contribution >= 4 is 82.9 Å². The molecule has 368 valence electrons. The van der Waals surface area contributed by atoms with Crippen LogP contribution < -0.4 is 14.7 Å². The zero-order valence-corrected chi connectivity index (χ0v) is 42.6. The Labute approximate surface area is 441 Å². The summed E-state index contributed by atoms with van der Waals surface area (Å²) in [7, 11) is 0. The first kappa shape index (κ1) is 48.4. The molecule has 17 heteroatoms. The minimum absolute atomic E-state index is 0.181. The number of pyridine rings is 1. The van der Waals surface area contributed by atoms with Crippen LogP contribution in [0.4, 0.5) is 16.0 Å². The minimum atomic E-state index is -0.474. The number of amidine groups is 2. The van der Waals surface area contributed by atoms with E-state index in [2.05, 4.69) is 79.4 Å². The lowest BCUT2D eigenvalue weighted by molar-refractivity contribution is 0.0342. The number of aliphatic imine (C=N–C) groups is 2. The molecule has 4 aliphatic rings. The summed E-state index contributed by atoms with van der Waals surface area (Å²) in [5.74, 6) is 0.708. The smallest absolute Gasteiger partial charge is 0.299 e. The highest BCUT2D eigenvalue weighted by Crippen LogP contribution is 2.42. The number of fused-ring (bicyclic) bond motifs is 3. The van der Waals surface area contributed by atoms with Gasteiger partial charge in [-0.15, -0.1) is 11.8 Å². The molecule has 1 fully saturated rings. The number of thioether (sulfide) groups is 1. The fourth-order valence-electron chi connectivity index (χ4n) is 8.98. The van der Waals surface area contributed by atoms with E-state index in [0.29, 0.717) is 37.6 Å². The molecule has 0 radical (unpaired) electrons. The number of thiazole rings is 2. The predicted molar refractivity (Wildman–Crippen MR) is 296 cm³/mol. The standard InChI is InChI=1S/C32H30N6O2S2.C25H19N5OS/c33-19-28(37-22-41-30-8-4-2-6-27(30)37)26-13-14-34-31(38(26)32-35-25-5-1-3-7-29(25)42-32)40-21-24-11-9-23(10-12-24)20-36-15-17-39-18-16-36;26-14-12-20-13-16-28-24(30(20)25-29-22-6-1-2-7-23(22)32-25)31-17-18-8-10-19(11-9-18)21-5-3-4-15-27-21/h1-14,26,28H,15-18,20-22H2;1-11,13,15-16,20H,12,17H2. The highest BCUT2D eigenvalue weighted by atomic mass is 32.2. The Hall–Kier alpha value is -7.90. The molecule has 0 aliphatic carbocycles. The molecule has 3 atom stereocenters. The van der Waals surface area contributed by atoms with Gasteiger partial charge in [-0.3, -0.25) is 19.7 Å². The molecule has 5 aromatic carbocycles. The summed E-state index contributed by atoms with van der Waals surface area (Å²) >= 11 is 4.90. The molecular formula is C57H49N11O3S3. The summed E-state index contributed by atoms with van der Waals surface area (Å²) in [5.41, 5.74) is 8.24. The van der Waals surface area contributed by atoms with Gasteiger partial charge in [-0.1, -0.05) is 114 Å². The molecule has 12 rings (SSSR count). The van der Waals surface area contributed by atoms with Crippen LogP contribution in [0.15, 0.2) is 185 Å². The number of nitrogens with zero attached hydrogens (tertiary/aromatic N) is 11. The Kier molecular flexibility index (Phi) is 15.0. The van der Waals surface area contributed by atoms with E-state index in [1.54, 1.807) is 53.0 Å². The summed E-state index contributed by atoms with van der Waals surface area (Å²) in [5, 5.41) is 21.4. The number of aromatic nitrogens is 3. The van der Waals surface area contributed by atoms with E-state index in [1.807, 2.05) is 119 Å². The zero-order valence-electron chi connectivity index (χ0n) is 40.1. The van der Waals surface area contributed by atoms with E-state index in [0.717, 1.165) is 91.6 Å². The van der Waals surface area contributed by atoms with Crippen molar-refractivity contribution < 1.29 is 14.2 Å². The number of morpholine rings is 1. The van der Waals surface area contributed by atoms with Gasteiger partial charge in [-0.2, -0.15) is 10.5 Å². The van der Waals surface area contributed by atoms with Crippen molar-refractivity contribution in [3.63, 3.8) is 0 Å². The second-order valence-corrected chi connectivity index (χ2v) is 20.6. The van der Waals surface area contributed by atoms with Crippen LogP contribution in [-0.2, 0) is 34.0 Å². The van der Waals surface area contributed by atoms with Crippen molar-refractivity contribution in [1.29, 1.82) is 10.5 Å². The van der Waals surface area contributed by atoms with Crippen LogP contribution in [0, 0.1) is 22.7 Å². The first-order valence-corrected chi connectivity index (χ1v) is 26.9. The maximum Gasteiger partial charge on any atom is 0.299 e. The molecular weight excluding hydrogens is 983 g/mol. The maximum absolute atomic E-state index is 10.5. The number of hydrogen-bond donors (Lipinski definition) is 0. The fourth-order valence-corrected chi connectivity index (χ4v) is 12.1. The van der Waals surface area contributed by atoms with E-state index >= 15 is 0 Å². The van der Waals surface area contributed by atoms with E-state index < -0.39 is 6.04 Å². The van der Waals surface area contributed by atoms with E-state index in [4.69, 9.17) is 24.2 Å². The molecule has 3 aromatic heterocycles. The van der Waals surface area contributed by atoms with Gasteiger partial charge in [0.2, 0.25) is 0 Å². The Morgan fingerprint density at radius 2 is 1.27 bits per heavy atom. The van der Waals surface area contributed by atoms with Gasteiger partial charge in [0.15, 0.2) is 10.3 Å². The Balaban J connectivity index is 0.000000165. The normalized spacial score (nSPS) is 17.7. The minimum Gasteiger partial charge on any atom is -0.460 e. The number of hydrogen-bond acceptors (Lipinski definition) is 17. The van der Waals surface area contributed by atoms with Gasteiger partial charge in [0.25, 0.3) is 12.0 Å². The number of nitriles is 2. The van der Waals surface area contributed by atoms with Gasteiger partial charge in [0.05, 0.1) is 81.5 Å². The Morgan fingerprint density at radius 3 is 1.93 bits per heavy atom. The largest absolute Gasteiger partial charge is 0.460 e. The van der Waals surface area contributed by atoms with Crippen LogP contribution in [0.2, 0.25) is 0 Å². The summed E-state index contributed by atoms with van der Waals surface area (Å²) in [6.07, 6.45) is 9.45. The lowest BCUT2D eigenvalue weighted by Gasteiger charge is -2.37. The van der Waals surface area contributed by atoms with Gasteiger partial charge >= 0.3 is 0 Å². The number of ether oxygens (including phenoxy) is 3. The third-order valence-corrected chi connectivity index (χ3v) is 15.9. The van der Waals surface area contributed by atoms with Crippen molar-refractivity contribution in [2.45, 2.75) is 49.2 Å². The first-order valence-electron chi connectivity index (χ1n) is 24.3. The molecule has 1 saturated heterocycles. The Bertz CT molecular complexity index is 3370. The molecule has 74 heavy (non-hydrogen) atoms. The number of benzene rings is 5. The topological polar surface area (TPSA) is 152 Å². The molecule has 4 aliphatic heterocycles. The maximum atomic E-state index is 10.5. The lowest BCUT2D eigenvalue weighted by atomic mass is 10.1. The number of anilines is 3. The van der Waals surface area contributed by atoms with Gasteiger partial charge in [0.1, 0.15) is 19.3 Å². The quantitative estimate of drug-likeness (QED) is 0.114. The third kappa shape index (κ3) is 10.9. The second-order valence-electron chi connectivity index (χ2n) is 17.6. The van der Waals surface area contributed by atoms with Crippen molar-refractivity contribution in [3.05, 3.63) is 187 Å². The van der Waals surface area contributed by atoms with Gasteiger partial charge in [-0.25, -0.2) is 20.0 Å². The molecule has 0 spiro atoms. The van der Waals surface area contributed by atoms with Crippen LogP contribution in [0.25, 0.3) is 31.7 Å². The fraction of sp³-hybridized carbons (Fsp3) is 0.211. The summed E-state index contributed by atoms with van der Waals surface area (Å²) in [4.78, 5) is 32.9. The number of rotatable bonds is 12. The van der Waals surface area contributed by atoms with Crippen LogP contribution in [-0.4, -0.2) is 82.2 Å².